The van der Waals surface area contributed by atoms with E-state index in [1.165, 1.54) is 12.1 Å². The summed E-state index contributed by atoms with van der Waals surface area (Å²) in [6.07, 6.45) is 0.0190. The molecule has 0 aromatic heterocycles. The molecule has 1 heterocycles. The number of benzene rings is 2. The molecule has 190 valence electrons. The smallest absolute Gasteiger partial charge is 0.226 e. The molecular formula is C26H28ClN3O5S. The van der Waals surface area contributed by atoms with Crippen LogP contribution in [0, 0.1) is 30.1 Å². The molecule has 1 saturated heterocycles. The molecule has 8 nitrogen and oxygen atoms in total. The van der Waals surface area contributed by atoms with Gasteiger partial charge in [-0.25, -0.2) is 8.42 Å². The third-order valence-electron chi connectivity index (χ3n) is 6.93. The Morgan fingerprint density at radius 1 is 1.11 bits per heavy atom. The lowest BCUT2D eigenvalue weighted by atomic mass is 9.93. The number of sulfone groups is 1. The molecule has 0 radical (unpaired) electrons. The molecule has 2 aromatic carbocycles. The summed E-state index contributed by atoms with van der Waals surface area (Å²) in [7, 11) is -3.83. The first-order chi connectivity index (χ1) is 17.2. The van der Waals surface area contributed by atoms with Crippen molar-refractivity contribution in [2.75, 3.05) is 26.3 Å². The van der Waals surface area contributed by atoms with E-state index in [9.17, 15) is 23.3 Å². The second-order valence-electron chi connectivity index (χ2n) is 9.18. The Morgan fingerprint density at radius 3 is 2.42 bits per heavy atom. The van der Waals surface area contributed by atoms with Crippen molar-refractivity contribution in [3.63, 3.8) is 0 Å². The number of rotatable bonds is 6. The van der Waals surface area contributed by atoms with Crippen LogP contribution in [0.2, 0.25) is 5.02 Å². The van der Waals surface area contributed by atoms with E-state index < -0.39 is 38.9 Å². The topological polar surface area (TPSA) is 117 Å². The Morgan fingerprint density at radius 2 is 1.78 bits per heavy atom. The van der Waals surface area contributed by atoms with Crippen LogP contribution in [0.4, 0.5) is 0 Å². The third-order valence-corrected chi connectivity index (χ3v) is 9.50. The van der Waals surface area contributed by atoms with Crippen LogP contribution >= 0.6 is 11.6 Å². The number of hydrogen-bond acceptors (Lipinski definition) is 6. The number of nitrogens with one attached hydrogen (secondary N) is 1. The van der Waals surface area contributed by atoms with E-state index in [0.717, 1.165) is 0 Å². The quantitative estimate of drug-likeness (QED) is 0.614. The molecule has 0 bridgehead atoms. The molecule has 0 spiro atoms. The van der Waals surface area contributed by atoms with Gasteiger partial charge >= 0.3 is 0 Å². The number of carbonyl (C=O) groups is 2. The van der Waals surface area contributed by atoms with Gasteiger partial charge in [0, 0.05) is 18.1 Å². The van der Waals surface area contributed by atoms with E-state index in [1.54, 1.807) is 42.2 Å². The number of halogens is 1. The maximum Gasteiger partial charge on any atom is 0.226 e. The fraction of sp³-hybridized carbons (Fsp3) is 0.423. The van der Waals surface area contributed by atoms with Crippen LogP contribution < -0.4 is 5.32 Å². The zero-order chi connectivity index (χ0) is 25.9. The first-order valence-corrected chi connectivity index (χ1v) is 13.8. The maximum atomic E-state index is 13.6. The number of carbonyl (C=O) groups excluding carboxylic acids is 2. The van der Waals surface area contributed by atoms with Crippen LogP contribution in [0.25, 0.3) is 0 Å². The van der Waals surface area contributed by atoms with Crippen molar-refractivity contribution in [3.05, 3.63) is 64.7 Å². The Labute approximate surface area is 216 Å². The summed E-state index contributed by atoms with van der Waals surface area (Å²) in [5, 5.41) is 11.9. The summed E-state index contributed by atoms with van der Waals surface area (Å²) in [6.45, 7) is 3.24. The molecule has 1 aliphatic carbocycles. The zero-order valence-corrected chi connectivity index (χ0v) is 21.5. The van der Waals surface area contributed by atoms with Crippen LogP contribution in [0.3, 0.4) is 0 Å². The fourth-order valence-corrected chi connectivity index (χ4v) is 7.29. The molecule has 2 aliphatic rings. The average Bonchev–Trinajstić information content (AvgIpc) is 3.34. The highest BCUT2D eigenvalue weighted by atomic mass is 35.5. The highest BCUT2D eigenvalue weighted by Gasteiger charge is 2.49. The Bertz CT molecular complexity index is 1270. The van der Waals surface area contributed by atoms with Gasteiger partial charge in [0.15, 0.2) is 9.84 Å². The van der Waals surface area contributed by atoms with Crippen molar-refractivity contribution < 1.29 is 22.7 Å². The average molecular weight is 530 g/mol. The van der Waals surface area contributed by atoms with E-state index >= 15 is 0 Å². The van der Waals surface area contributed by atoms with Gasteiger partial charge in [0.25, 0.3) is 0 Å². The van der Waals surface area contributed by atoms with E-state index in [-0.39, 0.29) is 23.6 Å². The van der Waals surface area contributed by atoms with E-state index in [2.05, 4.69) is 11.4 Å². The molecule has 36 heavy (non-hydrogen) atoms. The first kappa shape index (κ1) is 26.1. The summed E-state index contributed by atoms with van der Waals surface area (Å²) in [6, 6.07) is 14.6. The van der Waals surface area contributed by atoms with Gasteiger partial charge in [-0.05, 0) is 49.1 Å². The maximum absolute atomic E-state index is 13.6. The molecule has 1 saturated carbocycles. The number of nitriles is 1. The van der Waals surface area contributed by atoms with Gasteiger partial charge in [-0.15, -0.1) is 0 Å². The fourth-order valence-electron chi connectivity index (χ4n) is 5.02. The van der Waals surface area contributed by atoms with E-state index in [4.69, 9.17) is 16.3 Å². The number of amides is 2. The molecule has 4 rings (SSSR count). The number of nitrogens with zero attached hydrogens (tertiary/aromatic N) is 2. The van der Waals surface area contributed by atoms with Crippen molar-refractivity contribution in [2.24, 2.45) is 11.8 Å². The standard InChI is InChI=1S/C26H28ClN3O5S/c1-17-13-19(27)7-8-24(17)36(33,34)20-14-21(22(15-20)26(32)30-9-11-35-12-10-30)25(31)29-23(16-28)18-5-3-2-4-6-18/h2-8,13,20-23H,9-12,14-15H2,1H3,(H,29,31)/t20-,21-,22-,23?/m1/s1. The van der Waals surface area contributed by atoms with Crippen LogP contribution in [0.1, 0.15) is 30.0 Å². The lowest BCUT2D eigenvalue weighted by molar-refractivity contribution is -0.144. The molecule has 1 aliphatic heterocycles. The molecule has 2 aromatic rings. The van der Waals surface area contributed by atoms with Crippen molar-refractivity contribution in [1.29, 1.82) is 5.26 Å². The number of aryl methyl sites for hydroxylation is 1. The summed E-state index contributed by atoms with van der Waals surface area (Å²) < 4.78 is 32.6. The van der Waals surface area contributed by atoms with Gasteiger partial charge < -0.3 is 15.0 Å². The van der Waals surface area contributed by atoms with Gasteiger partial charge in [-0.2, -0.15) is 5.26 Å². The van der Waals surface area contributed by atoms with E-state index in [1.807, 2.05) is 6.07 Å². The Kier molecular flexibility index (Phi) is 7.98. The SMILES string of the molecule is Cc1cc(Cl)ccc1S(=O)(=O)[C@@H]1C[C@@H](C(=O)NC(C#N)c2ccccc2)[C@H](C(=O)N2CCOCC2)C1. The molecule has 4 atom stereocenters. The minimum Gasteiger partial charge on any atom is -0.378 e. The monoisotopic (exact) mass is 529 g/mol. The predicted octanol–water partition coefficient (Wildman–Crippen LogP) is 3.06. The van der Waals surface area contributed by atoms with Crippen molar-refractivity contribution in [3.8, 4) is 6.07 Å². The summed E-state index contributed by atoms with van der Waals surface area (Å²) >= 11 is 6.02. The normalized spacial score (nSPS) is 23.0. The molecule has 2 fully saturated rings. The molecule has 1 unspecified atom stereocenters. The van der Waals surface area contributed by atoms with Crippen LogP contribution in [-0.2, 0) is 24.2 Å². The van der Waals surface area contributed by atoms with Crippen molar-refractivity contribution in [1.82, 2.24) is 10.2 Å². The van der Waals surface area contributed by atoms with E-state index in [0.29, 0.717) is 42.5 Å². The summed E-state index contributed by atoms with van der Waals surface area (Å²) in [5.74, 6) is -2.45. The lowest BCUT2D eigenvalue weighted by Crippen LogP contribution is -2.46. The van der Waals surface area contributed by atoms with Gasteiger partial charge in [0.2, 0.25) is 11.8 Å². The molecule has 2 amide bonds. The third kappa shape index (κ3) is 5.41. The van der Waals surface area contributed by atoms with Gasteiger partial charge in [0.1, 0.15) is 6.04 Å². The van der Waals surface area contributed by atoms with Gasteiger partial charge in [0.05, 0.1) is 41.3 Å². The predicted molar refractivity (Wildman–Crippen MR) is 134 cm³/mol. The first-order valence-electron chi connectivity index (χ1n) is 11.8. The number of ether oxygens (including phenoxy) is 1. The zero-order valence-electron chi connectivity index (χ0n) is 19.9. The van der Waals surface area contributed by atoms with Crippen LogP contribution in [-0.4, -0.2) is 56.7 Å². The second-order valence-corrected chi connectivity index (χ2v) is 11.8. The van der Waals surface area contributed by atoms with Crippen molar-refractivity contribution in [2.45, 2.75) is 36.0 Å². The van der Waals surface area contributed by atoms with Crippen molar-refractivity contribution >= 4 is 33.3 Å². The second kappa shape index (κ2) is 11.0. The summed E-state index contributed by atoms with van der Waals surface area (Å²) in [5.41, 5.74) is 1.13. The minimum absolute atomic E-state index is 0.0100. The lowest BCUT2D eigenvalue weighted by Gasteiger charge is -2.31. The van der Waals surface area contributed by atoms with Gasteiger partial charge in [-0.1, -0.05) is 41.9 Å². The Hall–Kier alpha value is -2.93. The van der Waals surface area contributed by atoms with Crippen LogP contribution in [0.5, 0.6) is 0 Å². The summed E-state index contributed by atoms with van der Waals surface area (Å²) in [4.78, 5) is 28.7. The highest BCUT2D eigenvalue weighted by Crippen LogP contribution is 2.40. The molecule has 10 heteroatoms. The highest BCUT2D eigenvalue weighted by molar-refractivity contribution is 7.92. The number of morpholine rings is 1. The largest absolute Gasteiger partial charge is 0.378 e. The molecular weight excluding hydrogens is 502 g/mol. The molecule has 1 N–H and O–H groups in total. The van der Waals surface area contributed by atoms with Crippen LogP contribution in [0.15, 0.2) is 53.4 Å². The Balaban J connectivity index is 1.62. The minimum atomic E-state index is -3.83. The van der Waals surface area contributed by atoms with Gasteiger partial charge in [-0.3, -0.25) is 9.59 Å². The number of hydrogen-bond donors (Lipinski definition) is 1.